The summed E-state index contributed by atoms with van der Waals surface area (Å²) in [5, 5.41) is 6.22. The predicted octanol–water partition coefficient (Wildman–Crippen LogP) is 14.7. The Bertz CT molecular complexity index is 2980. The zero-order valence-electron chi connectivity index (χ0n) is 30.0. The highest BCUT2D eigenvalue weighted by Crippen LogP contribution is 2.58. The molecule has 55 heavy (non-hydrogen) atoms. The molecule has 0 fully saturated rings. The van der Waals surface area contributed by atoms with Crippen LogP contribution in [-0.4, -0.2) is 4.98 Å². The molecule has 1 aliphatic carbocycles. The Hall–Kier alpha value is -7.29. The van der Waals surface area contributed by atoms with Gasteiger partial charge in [-0.2, -0.15) is 0 Å². The van der Waals surface area contributed by atoms with Crippen LogP contribution >= 0.6 is 0 Å². The van der Waals surface area contributed by atoms with E-state index in [-0.39, 0.29) is 0 Å². The van der Waals surface area contributed by atoms with E-state index in [1.807, 2.05) is 6.20 Å². The molecule has 0 aliphatic heterocycles. The summed E-state index contributed by atoms with van der Waals surface area (Å²) in [7, 11) is 0. The quantitative estimate of drug-likeness (QED) is 0.172. The van der Waals surface area contributed by atoms with Crippen molar-refractivity contribution in [1.82, 2.24) is 4.98 Å². The van der Waals surface area contributed by atoms with Crippen molar-refractivity contribution in [3.63, 3.8) is 0 Å². The number of benzene rings is 9. The Labute approximate surface area is 320 Å². The molecule has 1 aromatic heterocycles. The van der Waals surface area contributed by atoms with Gasteiger partial charge in [0.2, 0.25) is 0 Å². The lowest BCUT2D eigenvalue weighted by Gasteiger charge is -2.27. The fourth-order valence-electron chi connectivity index (χ4n) is 8.95. The molecule has 0 radical (unpaired) electrons. The molecular weight excluding hydrogens is 665 g/mol. The third-order valence-electron chi connectivity index (χ3n) is 11.2. The standard InChI is InChI=1S/C53H34N2/c1-4-16-35(17-5-1)49-42-24-10-11-25-43(42)50(36-18-6-2-7-19-36)53-46-31-30-40(41-27-15-28-45(51(41)46)52(49)53)37-20-14-23-39(34-37)55(38-21-8-3-9-22-38)48-32-33-54-47-29-13-12-26-44(47)48/h1-34H. The molecule has 1 heterocycles. The Kier molecular flexibility index (Phi) is 7.21. The molecule has 0 saturated carbocycles. The Morgan fingerprint density at radius 1 is 0.327 bits per heavy atom. The van der Waals surface area contributed by atoms with Crippen molar-refractivity contribution >= 4 is 49.5 Å². The van der Waals surface area contributed by atoms with Crippen LogP contribution in [0, 0.1) is 0 Å². The molecule has 10 aromatic rings. The minimum atomic E-state index is 0.974. The van der Waals surface area contributed by atoms with Crippen molar-refractivity contribution in [2.24, 2.45) is 0 Å². The van der Waals surface area contributed by atoms with Gasteiger partial charge in [0, 0.05) is 23.0 Å². The first-order valence-corrected chi connectivity index (χ1v) is 18.9. The maximum atomic E-state index is 4.69. The van der Waals surface area contributed by atoms with E-state index < -0.39 is 0 Å². The minimum absolute atomic E-state index is 0.974. The zero-order valence-corrected chi connectivity index (χ0v) is 30.0. The first kappa shape index (κ1) is 31.3. The van der Waals surface area contributed by atoms with Gasteiger partial charge in [-0.15, -0.1) is 0 Å². The minimum Gasteiger partial charge on any atom is -0.310 e. The molecule has 0 N–H and O–H groups in total. The van der Waals surface area contributed by atoms with Gasteiger partial charge in [0.15, 0.2) is 0 Å². The topological polar surface area (TPSA) is 16.1 Å². The van der Waals surface area contributed by atoms with Crippen LogP contribution in [0.4, 0.5) is 17.1 Å². The molecule has 256 valence electrons. The first-order valence-electron chi connectivity index (χ1n) is 18.9. The average Bonchev–Trinajstić information content (AvgIpc) is 3.59. The van der Waals surface area contributed by atoms with Crippen LogP contribution in [0.25, 0.3) is 88.1 Å². The average molecular weight is 699 g/mol. The van der Waals surface area contributed by atoms with E-state index in [1.54, 1.807) is 0 Å². The molecule has 2 nitrogen and oxygen atoms in total. The van der Waals surface area contributed by atoms with Gasteiger partial charge in [-0.1, -0.05) is 164 Å². The fourth-order valence-corrected chi connectivity index (χ4v) is 8.95. The molecular formula is C53H34N2. The predicted molar refractivity (Wildman–Crippen MR) is 232 cm³/mol. The molecule has 0 spiro atoms. The van der Waals surface area contributed by atoms with Gasteiger partial charge in [-0.25, -0.2) is 0 Å². The normalized spacial score (nSPS) is 11.6. The maximum absolute atomic E-state index is 4.69. The molecule has 9 aromatic carbocycles. The number of hydrogen-bond donors (Lipinski definition) is 0. The van der Waals surface area contributed by atoms with Crippen LogP contribution in [-0.2, 0) is 0 Å². The van der Waals surface area contributed by atoms with Gasteiger partial charge < -0.3 is 4.90 Å². The molecule has 0 amide bonds. The summed E-state index contributed by atoms with van der Waals surface area (Å²) in [6.07, 6.45) is 1.91. The highest BCUT2D eigenvalue weighted by Gasteiger charge is 2.31. The monoisotopic (exact) mass is 698 g/mol. The van der Waals surface area contributed by atoms with Crippen LogP contribution in [0.5, 0.6) is 0 Å². The van der Waals surface area contributed by atoms with E-state index in [4.69, 9.17) is 4.98 Å². The number of anilines is 3. The lowest BCUT2D eigenvalue weighted by atomic mass is 9.82. The van der Waals surface area contributed by atoms with Crippen molar-refractivity contribution in [2.75, 3.05) is 4.90 Å². The van der Waals surface area contributed by atoms with Crippen molar-refractivity contribution < 1.29 is 0 Å². The van der Waals surface area contributed by atoms with Crippen LogP contribution < -0.4 is 4.90 Å². The summed E-state index contributed by atoms with van der Waals surface area (Å²) in [6.45, 7) is 0. The van der Waals surface area contributed by atoms with Crippen molar-refractivity contribution in [3.8, 4) is 55.6 Å². The van der Waals surface area contributed by atoms with Crippen molar-refractivity contribution in [1.29, 1.82) is 0 Å². The highest BCUT2D eigenvalue weighted by molar-refractivity contribution is 6.28. The second-order valence-electron chi connectivity index (χ2n) is 14.2. The van der Waals surface area contributed by atoms with Crippen molar-refractivity contribution in [3.05, 3.63) is 206 Å². The Balaban J connectivity index is 1.16. The number of fused-ring (bicyclic) bond motifs is 5. The van der Waals surface area contributed by atoms with E-state index in [0.29, 0.717) is 0 Å². The van der Waals surface area contributed by atoms with Gasteiger partial charge in [0.1, 0.15) is 0 Å². The van der Waals surface area contributed by atoms with Crippen LogP contribution in [0.3, 0.4) is 0 Å². The number of rotatable bonds is 6. The van der Waals surface area contributed by atoms with Crippen LogP contribution in [0.15, 0.2) is 206 Å². The van der Waals surface area contributed by atoms with Crippen LogP contribution in [0.2, 0.25) is 0 Å². The Morgan fingerprint density at radius 3 is 1.53 bits per heavy atom. The molecule has 2 heteroatoms. The summed E-state index contributed by atoms with van der Waals surface area (Å²) in [6, 6.07) is 72.6. The molecule has 11 rings (SSSR count). The summed E-state index contributed by atoms with van der Waals surface area (Å²) >= 11 is 0. The largest absolute Gasteiger partial charge is 0.310 e. The molecule has 0 unspecified atom stereocenters. The number of hydrogen-bond acceptors (Lipinski definition) is 2. The molecule has 0 atom stereocenters. The van der Waals surface area contributed by atoms with Gasteiger partial charge >= 0.3 is 0 Å². The van der Waals surface area contributed by atoms with E-state index >= 15 is 0 Å². The Morgan fingerprint density at radius 2 is 0.836 bits per heavy atom. The summed E-state index contributed by atoms with van der Waals surface area (Å²) in [5.41, 5.74) is 16.9. The third kappa shape index (κ3) is 4.92. The fraction of sp³-hybridized carbons (Fsp3) is 0. The van der Waals surface area contributed by atoms with Gasteiger partial charge in [-0.05, 0) is 114 Å². The van der Waals surface area contributed by atoms with E-state index in [0.717, 1.165) is 28.0 Å². The molecule has 1 aliphatic rings. The maximum Gasteiger partial charge on any atom is 0.0723 e. The number of aromatic nitrogens is 1. The SMILES string of the molecule is c1ccc(-c2c3c(c(-c4ccccc4)c4ccccc24)-c2ccc(-c4cccc(N(c5ccccc5)c5ccnc6ccccc56)c4)c4cccc-3c24)cc1. The van der Waals surface area contributed by atoms with Gasteiger partial charge in [-0.3, -0.25) is 4.98 Å². The number of nitrogens with zero attached hydrogens (tertiary/aromatic N) is 2. The smallest absolute Gasteiger partial charge is 0.0723 e. The number of pyridine rings is 1. The third-order valence-corrected chi connectivity index (χ3v) is 11.2. The van der Waals surface area contributed by atoms with Crippen LogP contribution in [0.1, 0.15) is 0 Å². The highest BCUT2D eigenvalue weighted by atomic mass is 15.1. The molecule has 0 saturated heterocycles. The summed E-state index contributed by atoms with van der Waals surface area (Å²) in [4.78, 5) is 7.05. The second kappa shape index (κ2) is 12.7. The summed E-state index contributed by atoms with van der Waals surface area (Å²) < 4.78 is 0. The lowest BCUT2D eigenvalue weighted by molar-refractivity contribution is 1.28. The zero-order chi connectivity index (χ0) is 36.3. The molecule has 0 bridgehead atoms. The lowest BCUT2D eigenvalue weighted by Crippen LogP contribution is -2.10. The van der Waals surface area contributed by atoms with Gasteiger partial charge in [0.25, 0.3) is 0 Å². The van der Waals surface area contributed by atoms with E-state index in [9.17, 15) is 0 Å². The van der Waals surface area contributed by atoms with E-state index in [1.165, 1.54) is 77.2 Å². The van der Waals surface area contributed by atoms with Crippen molar-refractivity contribution in [2.45, 2.75) is 0 Å². The van der Waals surface area contributed by atoms with Gasteiger partial charge in [0.05, 0.1) is 11.2 Å². The second-order valence-corrected chi connectivity index (χ2v) is 14.2. The number of para-hydroxylation sites is 2. The van der Waals surface area contributed by atoms with E-state index in [2.05, 4.69) is 205 Å². The summed E-state index contributed by atoms with van der Waals surface area (Å²) in [5.74, 6) is 0. The first-order chi connectivity index (χ1) is 27.3.